The molecule has 3 N–H and O–H groups in total. The normalized spacial score (nSPS) is 32.8. The Balaban J connectivity index is 1.86. The van der Waals surface area contributed by atoms with Gasteiger partial charge in [0.05, 0.1) is 17.9 Å². The van der Waals surface area contributed by atoms with E-state index in [9.17, 15) is 23.9 Å². The number of aliphatic hydroxyl groups is 1. The van der Waals surface area contributed by atoms with Crippen molar-refractivity contribution in [1.29, 1.82) is 0 Å². The zero-order valence-corrected chi connectivity index (χ0v) is 15.2. The molecule has 5 atom stereocenters. The molecular formula is C19H22FN3O4. The van der Waals surface area contributed by atoms with Crippen molar-refractivity contribution in [3.8, 4) is 0 Å². The minimum absolute atomic E-state index is 0.279. The number of anilines is 1. The molecular weight excluding hydrogens is 353 g/mol. The Kier molecular flexibility index (Phi) is 4.08. The molecule has 7 nitrogen and oxygen atoms in total. The maximum absolute atomic E-state index is 14.0. The Morgan fingerprint density at radius 2 is 2.04 bits per heavy atom. The number of nitrogens with zero attached hydrogens (tertiary/aromatic N) is 1. The van der Waals surface area contributed by atoms with Crippen molar-refractivity contribution in [3.63, 3.8) is 0 Å². The van der Waals surface area contributed by atoms with Crippen molar-refractivity contribution >= 4 is 23.4 Å². The van der Waals surface area contributed by atoms with E-state index in [1.165, 1.54) is 30.0 Å². The number of halogens is 1. The Morgan fingerprint density at radius 1 is 1.30 bits per heavy atom. The van der Waals surface area contributed by atoms with Gasteiger partial charge in [0.15, 0.2) is 0 Å². The first kappa shape index (κ1) is 18.1. The second-order valence-corrected chi connectivity index (χ2v) is 7.55. The van der Waals surface area contributed by atoms with Crippen molar-refractivity contribution in [3.05, 3.63) is 29.6 Å². The summed E-state index contributed by atoms with van der Waals surface area (Å²) in [7, 11) is 0. The first-order chi connectivity index (χ1) is 12.8. The Labute approximate surface area is 155 Å². The van der Waals surface area contributed by atoms with E-state index in [2.05, 4.69) is 10.6 Å². The molecule has 4 rings (SSSR count). The van der Waals surface area contributed by atoms with Gasteiger partial charge in [-0.15, -0.1) is 0 Å². The fraction of sp³-hybridized carbons (Fsp3) is 0.526. The van der Waals surface area contributed by atoms with Gasteiger partial charge in [-0.1, -0.05) is 13.3 Å². The molecule has 0 unspecified atom stereocenters. The van der Waals surface area contributed by atoms with Gasteiger partial charge in [0.1, 0.15) is 11.4 Å². The average molecular weight is 375 g/mol. The smallest absolute Gasteiger partial charge is 0.250 e. The van der Waals surface area contributed by atoms with Gasteiger partial charge in [0.2, 0.25) is 17.7 Å². The molecule has 0 aliphatic carbocycles. The van der Waals surface area contributed by atoms with Crippen LogP contribution in [0, 0.1) is 17.7 Å². The van der Waals surface area contributed by atoms with Gasteiger partial charge in [-0.3, -0.25) is 24.6 Å². The van der Waals surface area contributed by atoms with Crippen LogP contribution in [0.25, 0.3) is 0 Å². The Hall–Kier alpha value is -2.32. The molecule has 1 spiro atoms. The molecule has 0 aromatic heterocycles. The summed E-state index contributed by atoms with van der Waals surface area (Å²) in [5.74, 6) is -3.74. The van der Waals surface area contributed by atoms with Crippen LogP contribution in [0.2, 0.25) is 0 Å². The third kappa shape index (κ3) is 2.29. The summed E-state index contributed by atoms with van der Waals surface area (Å²) < 4.78 is 14.0. The molecule has 2 fully saturated rings. The number of imide groups is 1. The van der Waals surface area contributed by atoms with E-state index in [0.717, 1.165) is 6.42 Å². The highest BCUT2D eigenvalue weighted by Crippen LogP contribution is 2.53. The zero-order valence-electron chi connectivity index (χ0n) is 15.2. The number of amides is 3. The lowest BCUT2D eigenvalue weighted by molar-refractivity contribution is -0.143. The largest absolute Gasteiger partial charge is 0.392 e. The Morgan fingerprint density at radius 3 is 2.70 bits per heavy atom. The van der Waals surface area contributed by atoms with Gasteiger partial charge in [-0.2, -0.15) is 0 Å². The number of aliphatic hydroxyl groups excluding tert-OH is 1. The van der Waals surface area contributed by atoms with E-state index in [1.807, 2.05) is 6.92 Å². The van der Waals surface area contributed by atoms with E-state index >= 15 is 0 Å². The van der Waals surface area contributed by atoms with Gasteiger partial charge in [-0.25, -0.2) is 4.39 Å². The van der Waals surface area contributed by atoms with Crippen LogP contribution in [0.1, 0.15) is 32.3 Å². The lowest BCUT2D eigenvalue weighted by Crippen LogP contribution is -2.54. The summed E-state index contributed by atoms with van der Waals surface area (Å²) in [5.41, 5.74) is -0.840. The highest BCUT2D eigenvalue weighted by Gasteiger charge is 2.71. The molecule has 1 aromatic rings. The number of hydrogen-bond donors (Lipinski definition) is 3. The second-order valence-electron chi connectivity index (χ2n) is 7.55. The lowest BCUT2D eigenvalue weighted by Gasteiger charge is -2.30. The number of likely N-dealkylation sites (tertiary alicyclic amines) is 1. The topological polar surface area (TPSA) is 98.7 Å². The molecule has 3 heterocycles. The zero-order chi connectivity index (χ0) is 19.5. The second kappa shape index (κ2) is 6.10. The summed E-state index contributed by atoms with van der Waals surface area (Å²) in [6, 6.07) is 3.11. The van der Waals surface area contributed by atoms with Crippen molar-refractivity contribution < 1.29 is 23.9 Å². The molecule has 3 aliphatic rings. The molecule has 0 radical (unpaired) electrons. The van der Waals surface area contributed by atoms with Crippen LogP contribution >= 0.6 is 0 Å². The van der Waals surface area contributed by atoms with Gasteiger partial charge >= 0.3 is 0 Å². The number of carbonyl (C=O) groups excluding carboxylic acids is 3. The number of carbonyl (C=O) groups is 3. The van der Waals surface area contributed by atoms with Crippen LogP contribution < -0.4 is 10.6 Å². The molecule has 0 saturated carbocycles. The summed E-state index contributed by atoms with van der Waals surface area (Å²) in [6.07, 6.45) is 0.503. The molecule has 2 saturated heterocycles. The maximum atomic E-state index is 14.0. The van der Waals surface area contributed by atoms with E-state index in [1.54, 1.807) is 0 Å². The number of benzene rings is 1. The summed E-state index contributed by atoms with van der Waals surface area (Å²) in [5, 5.41) is 16.0. The number of hydrogen-bond acceptors (Lipinski definition) is 5. The molecule has 3 aliphatic heterocycles. The summed E-state index contributed by atoms with van der Waals surface area (Å²) >= 11 is 0. The van der Waals surface area contributed by atoms with Crippen LogP contribution in [0.5, 0.6) is 0 Å². The quantitative estimate of drug-likeness (QED) is 0.674. The van der Waals surface area contributed by atoms with Crippen molar-refractivity contribution in [2.45, 2.75) is 44.4 Å². The predicted octanol–water partition coefficient (Wildman–Crippen LogP) is 0.727. The van der Waals surface area contributed by atoms with Crippen molar-refractivity contribution in [2.75, 3.05) is 11.9 Å². The average Bonchev–Trinajstić information content (AvgIpc) is 3.20. The summed E-state index contributed by atoms with van der Waals surface area (Å²) in [4.78, 5) is 40.4. The molecule has 1 aromatic carbocycles. The van der Waals surface area contributed by atoms with Gasteiger partial charge in [0.25, 0.3) is 0 Å². The fourth-order valence-corrected chi connectivity index (χ4v) is 4.71. The SMILES string of the molecule is CCCCN1C(=O)[C@@H]2[C@@H]([C@@H](C)O)N[C@@]3(C(=O)Nc4ccc(F)cc43)[C@@H]2C1=O. The number of rotatable bonds is 4. The molecule has 3 amide bonds. The standard InChI is InChI=1S/C19H22FN3O4/c1-3-4-7-23-16(25)13-14(17(23)26)19(22-15(13)9(2)24)11-8-10(20)5-6-12(11)21-18(19)27/h5-6,8-9,13-15,22,24H,3-4,7H2,1-2H3,(H,21,27)/t9-,13+,14+,15-,19-/m1/s1. The fourth-order valence-electron chi connectivity index (χ4n) is 4.71. The molecule has 144 valence electrons. The number of nitrogens with one attached hydrogen (secondary N) is 2. The van der Waals surface area contributed by atoms with Crippen LogP contribution in [-0.4, -0.2) is 46.4 Å². The van der Waals surface area contributed by atoms with E-state index < -0.39 is 47.2 Å². The van der Waals surface area contributed by atoms with Gasteiger partial charge in [-0.05, 0) is 31.5 Å². The molecule has 0 bridgehead atoms. The van der Waals surface area contributed by atoms with Crippen LogP contribution in [-0.2, 0) is 19.9 Å². The number of fused-ring (bicyclic) bond motifs is 4. The predicted molar refractivity (Wildman–Crippen MR) is 93.9 cm³/mol. The van der Waals surface area contributed by atoms with Gasteiger partial charge in [0, 0.05) is 23.8 Å². The van der Waals surface area contributed by atoms with Gasteiger partial charge < -0.3 is 10.4 Å². The third-order valence-electron chi connectivity index (χ3n) is 5.96. The number of unbranched alkanes of at least 4 members (excludes halogenated alkanes) is 1. The molecule has 8 heteroatoms. The van der Waals surface area contributed by atoms with E-state index in [4.69, 9.17) is 0 Å². The van der Waals surface area contributed by atoms with Crippen LogP contribution in [0.3, 0.4) is 0 Å². The minimum atomic E-state index is -1.56. The summed E-state index contributed by atoms with van der Waals surface area (Å²) in [6.45, 7) is 3.75. The van der Waals surface area contributed by atoms with Crippen molar-refractivity contribution in [2.24, 2.45) is 11.8 Å². The van der Waals surface area contributed by atoms with E-state index in [-0.39, 0.29) is 12.5 Å². The van der Waals surface area contributed by atoms with Crippen LogP contribution in [0.15, 0.2) is 18.2 Å². The van der Waals surface area contributed by atoms with Crippen LogP contribution in [0.4, 0.5) is 10.1 Å². The molecule has 27 heavy (non-hydrogen) atoms. The monoisotopic (exact) mass is 375 g/mol. The lowest BCUT2D eigenvalue weighted by atomic mass is 9.76. The highest BCUT2D eigenvalue weighted by molar-refractivity contribution is 6.15. The van der Waals surface area contributed by atoms with Crippen molar-refractivity contribution in [1.82, 2.24) is 10.2 Å². The third-order valence-corrected chi connectivity index (χ3v) is 5.96. The van der Waals surface area contributed by atoms with E-state index in [0.29, 0.717) is 17.7 Å². The first-order valence-electron chi connectivity index (χ1n) is 9.25. The highest BCUT2D eigenvalue weighted by atomic mass is 19.1. The first-order valence-corrected chi connectivity index (χ1v) is 9.25. The minimum Gasteiger partial charge on any atom is -0.392 e. The Bertz CT molecular complexity index is 842. The maximum Gasteiger partial charge on any atom is 0.250 e.